The number of nitrogens with zero attached hydrogens (tertiary/aromatic N) is 1. The Morgan fingerprint density at radius 3 is 2.64 bits per heavy atom. The zero-order chi connectivity index (χ0) is 23.7. The van der Waals surface area contributed by atoms with Gasteiger partial charge < -0.3 is 15.2 Å². The molecule has 1 aromatic heterocycles. The summed E-state index contributed by atoms with van der Waals surface area (Å²) >= 11 is 6.94. The van der Waals surface area contributed by atoms with E-state index >= 15 is 0 Å². The van der Waals surface area contributed by atoms with Crippen LogP contribution < -0.4 is 14.9 Å². The molecule has 0 fully saturated rings. The predicted octanol–water partition coefficient (Wildman–Crippen LogP) is 2.58. The minimum atomic E-state index is -3.37. The number of ether oxygens (including phenoxy) is 1. The first-order valence-corrected chi connectivity index (χ1v) is 13.5. The fourth-order valence-corrected chi connectivity index (χ4v) is 5.42. The van der Waals surface area contributed by atoms with Gasteiger partial charge in [0.25, 0.3) is 0 Å². The van der Waals surface area contributed by atoms with Crippen molar-refractivity contribution in [3.8, 4) is 5.75 Å². The Morgan fingerprint density at radius 1 is 1.06 bits per heavy atom. The number of sulfonamides is 1. The maximum atomic E-state index is 12.1. The van der Waals surface area contributed by atoms with Gasteiger partial charge >= 0.3 is 4.87 Å². The van der Waals surface area contributed by atoms with Crippen LogP contribution in [-0.4, -0.2) is 56.7 Å². The van der Waals surface area contributed by atoms with Crippen molar-refractivity contribution in [3.63, 3.8) is 0 Å². The Bertz CT molecular complexity index is 1190. The summed E-state index contributed by atoms with van der Waals surface area (Å²) in [5.74, 6) is 0.0874. The molecule has 3 aromatic rings. The molecule has 8 nitrogen and oxygen atoms in total. The predicted molar refractivity (Wildman–Crippen MR) is 133 cm³/mol. The fraction of sp³-hybridized carbons (Fsp3) is 0.409. The maximum Gasteiger partial charge on any atom is 0.308 e. The normalized spacial score (nSPS) is 11.9. The van der Waals surface area contributed by atoms with Gasteiger partial charge in [-0.1, -0.05) is 41.1 Å². The molecule has 0 saturated carbocycles. The smallest absolute Gasteiger partial charge is 0.308 e. The number of phenols is 1. The standard InChI is InChI=1S/C22H28ClN3O5S2/c23-18-7-5-17(6-8-18)9-14-31-15-12-25-33(29,30)16-2-10-24-11-13-26-21-19(27)3-1-4-20(21)32-22(26)28/h1,3-8,24-25,27H,2,9-16H2. The lowest BCUT2D eigenvalue weighted by Gasteiger charge is -2.09. The summed E-state index contributed by atoms with van der Waals surface area (Å²) in [4.78, 5) is 12.0. The van der Waals surface area contributed by atoms with Crippen LogP contribution in [0.3, 0.4) is 0 Å². The average Bonchev–Trinajstić information content (AvgIpc) is 3.10. The summed E-state index contributed by atoms with van der Waals surface area (Å²) in [6.07, 6.45) is 1.18. The number of aromatic nitrogens is 1. The minimum Gasteiger partial charge on any atom is -0.506 e. The van der Waals surface area contributed by atoms with Gasteiger partial charge in [-0.15, -0.1) is 0 Å². The van der Waals surface area contributed by atoms with Gasteiger partial charge in [-0.05, 0) is 49.2 Å². The molecule has 0 aliphatic carbocycles. The highest BCUT2D eigenvalue weighted by atomic mass is 35.5. The molecule has 3 N–H and O–H groups in total. The highest BCUT2D eigenvalue weighted by molar-refractivity contribution is 7.89. The summed E-state index contributed by atoms with van der Waals surface area (Å²) in [5.41, 5.74) is 1.65. The summed E-state index contributed by atoms with van der Waals surface area (Å²) < 4.78 is 34.5. The van der Waals surface area contributed by atoms with Crippen LogP contribution in [0.5, 0.6) is 5.75 Å². The minimum absolute atomic E-state index is 0.00684. The number of para-hydroxylation sites is 1. The Balaban J connectivity index is 1.26. The molecule has 0 amide bonds. The lowest BCUT2D eigenvalue weighted by molar-refractivity contribution is 0.142. The number of hydrogen-bond donors (Lipinski definition) is 3. The molecule has 0 bridgehead atoms. The van der Waals surface area contributed by atoms with Gasteiger partial charge in [0.15, 0.2) is 0 Å². The SMILES string of the molecule is O=c1sc2cccc(O)c2n1CCNCCCS(=O)(=O)NCCOCCc1ccc(Cl)cc1. The van der Waals surface area contributed by atoms with E-state index in [0.717, 1.165) is 28.0 Å². The molecule has 2 aromatic carbocycles. The van der Waals surface area contributed by atoms with Crippen molar-refractivity contribution in [2.45, 2.75) is 19.4 Å². The summed E-state index contributed by atoms with van der Waals surface area (Å²) in [5, 5.41) is 13.9. The second-order valence-electron chi connectivity index (χ2n) is 7.45. The first-order valence-electron chi connectivity index (χ1n) is 10.7. The van der Waals surface area contributed by atoms with Gasteiger partial charge in [0.2, 0.25) is 10.0 Å². The number of fused-ring (bicyclic) bond motifs is 1. The number of benzene rings is 2. The van der Waals surface area contributed by atoms with Crippen molar-refractivity contribution in [1.82, 2.24) is 14.6 Å². The molecule has 0 saturated heterocycles. The lowest BCUT2D eigenvalue weighted by atomic mass is 10.2. The van der Waals surface area contributed by atoms with Crippen molar-refractivity contribution in [1.29, 1.82) is 0 Å². The van der Waals surface area contributed by atoms with Crippen LogP contribution in [0.15, 0.2) is 47.3 Å². The second kappa shape index (κ2) is 12.5. The van der Waals surface area contributed by atoms with E-state index in [1.54, 1.807) is 18.2 Å². The van der Waals surface area contributed by atoms with Crippen LogP contribution in [0, 0.1) is 0 Å². The number of hydrogen-bond acceptors (Lipinski definition) is 7. The quantitative estimate of drug-likeness (QED) is 0.286. The van der Waals surface area contributed by atoms with Crippen LogP contribution in [0.1, 0.15) is 12.0 Å². The zero-order valence-electron chi connectivity index (χ0n) is 18.1. The summed E-state index contributed by atoms with van der Waals surface area (Å²) in [7, 11) is -3.37. The number of aromatic hydroxyl groups is 1. The van der Waals surface area contributed by atoms with Gasteiger partial charge in [0.05, 0.1) is 23.7 Å². The molecule has 1 heterocycles. The van der Waals surface area contributed by atoms with E-state index in [1.807, 2.05) is 24.3 Å². The van der Waals surface area contributed by atoms with Crippen molar-refractivity contribution in [3.05, 3.63) is 62.7 Å². The molecular formula is C22H28ClN3O5S2. The van der Waals surface area contributed by atoms with Gasteiger partial charge in [-0.3, -0.25) is 9.36 Å². The van der Waals surface area contributed by atoms with Gasteiger partial charge in [-0.25, -0.2) is 13.1 Å². The molecule has 180 valence electrons. The largest absolute Gasteiger partial charge is 0.506 e. The lowest BCUT2D eigenvalue weighted by Crippen LogP contribution is -2.31. The molecule has 0 aliphatic rings. The van der Waals surface area contributed by atoms with Crippen molar-refractivity contribution in [2.24, 2.45) is 0 Å². The molecule has 0 unspecified atom stereocenters. The van der Waals surface area contributed by atoms with Crippen LogP contribution in [0.4, 0.5) is 0 Å². The van der Waals surface area contributed by atoms with E-state index in [4.69, 9.17) is 16.3 Å². The molecule has 0 spiro atoms. The van der Waals surface area contributed by atoms with E-state index in [-0.39, 0.29) is 22.9 Å². The van der Waals surface area contributed by atoms with Crippen molar-refractivity contribution in [2.75, 3.05) is 38.6 Å². The van der Waals surface area contributed by atoms with Gasteiger partial charge in [-0.2, -0.15) is 0 Å². The van der Waals surface area contributed by atoms with Gasteiger partial charge in [0, 0.05) is 24.7 Å². The van der Waals surface area contributed by atoms with Gasteiger partial charge in [0.1, 0.15) is 11.3 Å². The molecule has 11 heteroatoms. The summed E-state index contributed by atoms with van der Waals surface area (Å²) in [6, 6.07) is 12.6. The third-order valence-corrected chi connectivity index (χ3v) is 7.63. The topological polar surface area (TPSA) is 110 Å². The third kappa shape index (κ3) is 8.09. The number of phenolic OH excluding ortho intramolecular Hbond substituents is 1. The number of thiazole rings is 1. The number of halogens is 1. The molecule has 33 heavy (non-hydrogen) atoms. The van der Waals surface area contributed by atoms with Crippen LogP contribution in [-0.2, 0) is 27.7 Å². The molecule has 0 atom stereocenters. The van der Waals surface area contributed by atoms with Crippen molar-refractivity contribution >= 4 is 43.2 Å². The van der Waals surface area contributed by atoms with Crippen LogP contribution in [0.2, 0.25) is 5.02 Å². The Hall–Kier alpha value is -1.95. The molecule has 0 radical (unpaired) electrons. The zero-order valence-corrected chi connectivity index (χ0v) is 20.5. The number of rotatable bonds is 14. The van der Waals surface area contributed by atoms with Crippen molar-refractivity contribution < 1.29 is 18.3 Å². The maximum absolute atomic E-state index is 12.1. The highest BCUT2D eigenvalue weighted by Crippen LogP contribution is 2.25. The second-order valence-corrected chi connectivity index (χ2v) is 10.8. The number of nitrogens with one attached hydrogen (secondary N) is 2. The summed E-state index contributed by atoms with van der Waals surface area (Å²) in [6.45, 7) is 2.44. The van der Waals surface area contributed by atoms with E-state index in [0.29, 0.717) is 49.8 Å². The van der Waals surface area contributed by atoms with E-state index in [1.165, 1.54) is 4.57 Å². The Morgan fingerprint density at radius 2 is 1.85 bits per heavy atom. The van der Waals surface area contributed by atoms with E-state index in [9.17, 15) is 18.3 Å². The highest BCUT2D eigenvalue weighted by Gasteiger charge is 2.11. The van der Waals surface area contributed by atoms with Crippen LogP contribution in [0.25, 0.3) is 10.2 Å². The molecule has 0 aliphatic heterocycles. The Labute approximate surface area is 202 Å². The Kier molecular flexibility index (Phi) is 9.72. The monoisotopic (exact) mass is 513 g/mol. The molecule has 3 rings (SSSR count). The van der Waals surface area contributed by atoms with E-state index < -0.39 is 10.0 Å². The molecular weight excluding hydrogens is 486 g/mol. The van der Waals surface area contributed by atoms with E-state index in [2.05, 4.69) is 10.0 Å². The first kappa shape index (κ1) is 25.7. The first-order chi connectivity index (χ1) is 15.9. The van der Waals surface area contributed by atoms with Crippen LogP contribution >= 0.6 is 22.9 Å². The third-order valence-electron chi connectivity index (χ3n) is 4.96. The average molecular weight is 514 g/mol. The fourth-order valence-electron chi connectivity index (χ4n) is 3.30.